The second-order valence-corrected chi connectivity index (χ2v) is 6.87. The smallest absolute Gasteiger partial charge is 0.324 e. The Hall–Kier alpha value is -0.150. The van der Waals surface area contributed by atoms with E-state index in [1.165, 1.54) is 5.56 Å². The fourth-order valence-corrected chi connectivity index (χ4v) is 2.55. The Labute approximate surface area is 111 Å². The minimum Gasteiger partial charge on any atom is -0.324 e. The zero-order valence-electron chi connectivity index (χ0n) is 9.68. The molecule has 2 N–H and O–H groups in total. The quantitative estimate of drug-likeness (QED) is 0.594. The highest BCUT2D eigenvalue weighted by Gasteiger charge is 2.10. The molecule has 96 valence electrons. The molecular formula is C12H18BrO3P. The van der Waals surface area contributed by atoms with Crippen LogP contribution in [-0.4, -0.2) is 15.9 Å². The number of halogens is 1. The molecule has 5 heteroatoms. The monoisotopic (exact) mass is 320 g/mol. The molecule has 3 nitrogen and oxygen atoms in total. The van der Waals surface area contributed by atoms with Gasteiger partial charge in [-0.3, -0.25) is 4.57 Å². The van der Waals surface area contributed by atoms with Crippen molar-refractivity contribution in [3.8, 4) is 0 Å². The predicted octanol–water partition coefficient (Wildman–Crippen LogP) is 3.73. The summed E-state index contributed by atoms with van der Waals surface area (Å²) in [5.41, 5.74) is 1.31. The fraction of sp³-hybridized carbons (Fsp3) is 0.500. The average molecular weight is 321 g/mol. The van der Waals surface area contributed by atoms with Crippen LogP contribution in [0.4, 0.5) is 0 Å². The lowest BCUT2D eigenvalue weighted by Crippen LogP contribution is -1.90. The summed E-state index contributed by atoms with van der Waals surface area (Å²) in [6.07, 6.45) is 4.65. The number of aryl methyl sites for hydroxylation is 1. The second-order valence-electron chi connectivity index (χ2n) is 4.18. The van der Waals surface area contributed by atoms with E-state index in [4.69, 9.17) is 9.79 Å². The lowest BCUT2D eigenvalue weighted by molar-refractivity contribution is 0.370. The first-order valence-electron chi connectivity index (χ1n) is 5.76. The van der Waals surface area contributed by atoms with Crippen LogP contribution in [-0.2, 0) is 11.0 Å². The van der Waals surface area contributed by atoms with Crippen LogP contribution in [0.25, 0.3) is 0 Å². The molecule has 0 aliphatic heterocycles. The number of rotatable bonds is 7. The third-order valence-corrected chi connectivity index (χ3v) is 4.01. The first-order chi connectivity index (χ1) is 7.97. The Morgan fingerprint density at radius 2 is 1.59 bits per heavy atom. The van der Waals surface area contributed by atoms with Crippen molar-refractivity contribution in [2.24, 2.45) is 0 Å². The van der Waals surface area contributed by atoms with E-state index >= 15 is 0 Å². The van der Waals surface area contributed by atoms with Gasteiger partial charge in [-0.2, -0.15) is 0 Å². The van der Waals surface area contributed by atoms with Crippen molar-refractivity contribution in [3.63, 3.8) is 0 Å². The van der Waals surface area contributed by atoms with Crippen LogP contribution in [0.2, 0.25) is 0 Å². The van der Waals surface area contributed by atoms with Gasteiger partial charge in [0.2, 0.25) is 0 Å². The molecule has 0 aliphatic carbocycles. The normalized spacial score (nSPS) is 11.7. The maximum absolute atomic E-state index is 10.6. The van der Waals surface area contributed by atoms with E-state index in [1.807, 2.05) is 12.1 Å². The molecule has 0 saturated heterocycles. The van der Waals surface area contributed by atoms with Gasteiger partial charge in [0.1, 0.15) is 0 Å². The van der Waals surface area contributed by atoms with Gasteiger partial charge in [-0.25, -0.2) is 0 Å². The highest BCUT2D eigenvalue weighted by Crippen LogP contribution is 2.35. The molecule has 1 aromatic rings. The highest BCUT2D eigenvalue weighted by molar-refractivity contribution is 9.10. The second kappa shape index (κ2) is 7.32. The van der Waals surface area contributed by atoms with Gasteiger partial charge in [0.05, 0.1) is 0 Å². The van der Waals surface area contributed by atoms with Gasteiger partial charge >= 0.3 is 7.60 Å². The number of unbranched alkanes of at least 4 members (excludes halogenated alkanes) is 3. The molecule has 1 rings (SSSR count). The molecule has 0 unspecified atom stereocenters. The van der Waals surface area contributed by atoms with Crippen molar-refractivity contribution >= 4 is 23.5 Å². The number of hydrogen-bond acceptors (Lipinski definition) is 1. The number of hydrogen-bond donors (Lipinski definition) is 2. The summed E-state index contributed by atoms with van der Waals surface area (Å²) in [5, 5.41) is 0. The average Bonchev–Trinajstić information content (AvgIpc) is 2.24. The van der Waals surface area contributed by atoms with Crippen LogP contribution in [0, 0.1) is 0 Å². The first kappa shape index (κ1) is 14.9. The fourth-order valence-electron chi connectivity index (χ4n) is 1.65. The molecule has 0 radical (unpaired) electrons. The third kappa shape index (κ3) is 7.72. The third-order valence-electron chi connectivity index (χ3n) is 2.58. The minimum absolute atomic E-state index is 0.0191. The van der Waals surface area contributed by atoms with Gasteiger partial charge in [-0.15, -0.1) is 0 Å². The highest BCUT2D eigenvalue weighted by atomic mass is 79.9. The predicted molar refractivity (Wildman–Crippen MR) is 73.2 cm³/mol. The Morgan fingerprint density at radius 1 is 1.00 bits per heavy atom. The zero-order chi connectivity index (χ0) is 12.7. The van der Waals surface area contributed by atoms with E-state index in [1.54, 1.807) is 0 Å². The van der Waals surface area contributed by atoms with E-state index < -0.39 is 7.60 Å². The lowest BCUT2D eigenvalue weighted by Gasteiger charge is -2.04. The Balaban J connectivity index is 2.08. The molecule has 1 aromatic carbocycles. The SMILES string of the molecule is O=P(O)(O)CCCCCCc1ccc(Br)cc1. The van der Waals surface area contributed by atoms with Crippen molar-refractivity contribution in [2.75, 3.05) is 6.16 Å². The first-order valence-corrected chi connectivity index (χ1v) is 8.35. The molecule has 0 aliphatic rings. The molecule has 0 fully saturated rings. The molecule has 0 bridgehead atoms. The summed E-state index contributed by atoms with van der Waals surface area (Å²) < 4.78 is 11.7. The van der Waals surface area contributed by atoms with E-state index in [2.05, 4.69) is 28.1 Å². The topological polar surface area (TPSA) is 57.5 Å². The van der Waals surface area contributed by atoms with E-state index in [0.717, 1.165) is 30.2 Å². The molecular weight excluding hydrogens is 303 g/mol. The van der Waals surface area contributed by atoms with Gasteiger partial charge in [0.25, 0.3) is 0 Å². The van der Waals surface area contributed by atoms with Crippen LogP contribution in [0.3, 0.4) is 0 Å². The summed E-state index contributed by atoms with van der Waals surface area (Å²) in [7, 11) is -3.78. The molecule has 0 saturated carbocycles. The largest absolute Gasteiger partial charge is 0.325 e. The van der Waals surface area contributed by atoms with Crippen LogP contribution in [0.5, 0.6) is 0 Å². The van der Waals surface area contributed by atoms with Crippen LogP contribution < -0.4 is 0 Å². The summed E-state index contributed by atoms with van der Waals surface area (Å²) in [6, 6.07) is 8.26. The Morgan fingerprint density at radius 3 is 2.18 bits per heavy atom. The molecule has 0 amide bonds. The zero-order valence-corrected chi connectivity index (χ0v) is 12.2. The van der Waals surface area contributed by atoms with Crippen molar-refractivity contribution < 1.29 is 14.4 Å². The molecule has 0 aromatic heterocycles. The van der Waals surface area contributed by atoms with Gasteiger partial charge in [-0.1, -0.05) is 40.9 Å². The molecule has 17 heavy (non-hydrogen) atoms. The van der Waals surface area contributed by atoms with E-state index in [-0.39, 0.29) is 6.16 Å². The Bertz CT molecular complexity index is 372. The standard InChI is InChI=1S/C12H18BrO3P/c13-12-8-6-11(7-9-12)5-3-1-2-4-10-17(14,15)16/h6-9H,1-5,10H2,(H2,14,15,16). The van der Waals surface area contributed by atoms with Crippen molar-refractivity contribution in [3.05, 3.63) is 34.3 Å². The Kier molecular flexibility index (Phi) is 6.42. The summed E-state index contributed by atoms with van der Waals surface area (Å²) in [4.78, 5) is 17.4. The van der Waals surface area contributed by atoms with Crippen LogP contribution in [0.1, 0.15) is 31.2 Å². The van der Waals surface area contributed by atoms with E-state index in [0.29, 0.717) is 6.42 Å². The van der Waals surface area contributed by atoms with E-state index in [9.17, 15) is 4.57 Å². The van der Waals surface area contributed by atoms with Gasteiger partial charge in [0, 0.05) is 10.6 Å². The number of benzene rings is 1. The molecule has 0 spiro atoms. The maximum Gasteiger partial charge on any atom is 0.325 e. The van der Waals surface area contributed by atoms with Gasteiger partial charge in [-0.05, 0) is 37.0 Å². The molecule has 0 atom stereocenters. The van der Waals surface area contributed by atoms with Crippen molar-refractivity contribution in [2.45, 2.75) is 32.1 Å². The van der Waals surface area contributed by atoms with Crippen LogP contribution >= 0.6 is 23.5 Å². The van der Waals surface area contributed by atoms with Crippen molar-refractivity contribution in [1.29, 1.82) is 0 Å². The summed E-state index contributed by atoms with van der Waals surface area (Å²) in [6.45, 7) is 0. The van der Waals surface area contributed by atoms with Crippen LogP contribution in [0.15, 0.2) is 28.7 Å². The molecule has 0 heterocycles. The minimum atomic E-state index is -3.78. The maximum atomic E-state index is 10.6. The van der Waals surface area contributed by atoms with Gasteiger partial charge in [0.15, 0.2) is 0 Å². The van der Waals surface area contributed by atoms with Gasteiger partial charge < -0.3 is 9.79 Å². The summed E-state index contributed by atoms with van der Waals surface area (Å²) >= 11 is 3.39. The van der Waals surface area contributed by atoms with Crippen molar-refractivity contribution in [1.82, 2.24) is 0 Å². The summed E-state index contributed by atoms with van der Waals surface area (Å²) in [5.74, 6) is 0. The lowest BCUT2D eigenvalue weighted by atomic mass is 10.1.